The van der Waals surface area contributed by atoms with E-state index in [2.05, 4.69) is 5.32 Å². The number of nitrogens with one attached hydrogen (secondary N) is 1. The van der Waals surface area contributed by atoms with Gasteiger partial charge in [0.05, 0.1) is 24.9 Å². The Balaban J connectivity index is 1.62. The van der Waals surface area contributed by atoms with Crippen LogP contribution in [0.15, 0.2) is 0 Å². The minimum absolute atomic E-state index is 0.636. The molecule has 0 aromatic rings. The predicted molar refractivity (Wildman–Crippen MR) is 141 cm³/mol. The molecule has 4 saturated heterocycles. The lowest BCUT2D eigenvalue weighted by atomic mass is 9.95. The van der Waals surface area contributed by atoms with Crippen LogP contribution in [0.25, 0.3) is 0 Å². The monoisotopic (exact) mass is 659 g/mol. The van der Waals surface area contributed by atoms with Crippen molar-refractivity contribution in [2.45, 2.75) is 150 Å². The van der Waals surface area contributed by atoms with E-state index < -0.39 is 135 Å². The summed E-state index contributed by atoms with van der Waals surface area (Å²) in [7, 11) is 0. The Kier molecular flexibility index (Phi) is 12.1. The number of carbonyl (C=O) groups is 1. The summed E-state index contributed by atoms with van der Waals surface area (Å²) in [5, 5.41) is 107. The molecule has 0 aliphatic carbocycles. The lowest BCUT2D eigenvalue weighted by Crippen LogP contribution is -2.68. The van der Waals surface area contributed by atoms with Crippen molar-refractivity contribution in [2.24, 2.45) is 0 Å². The molecule has 45 heavy (non-hydrogen) atoms. The van der Waals surface area contributed by atoms with Gasteiger partial charge in [0.2, 0.25) is 5.91 Å². The highest BCUT2D eigenvalue weighted by molar-refractivity contribution is 5.73. The van der Waals surface area contributed by atoms with E-state index in [0.29, 0.717) is 0 Å². The van der Waals surface area contributed by atoms with E-state index in [1.165, 1.54) is 20.8 Å². The lowest BCUT2D eigenvalue weighted by Gasteiger charge is -2.49. The van der Waals surface area contributed by atoms with E-state index in [0.717, 1.165) is 6.92 Å². The molecule has 19 heteroatoms. The second-order valence-electron chi connectivity index (χ2n) is 11.8. The van der Waals surface area contributed by atoms with Crippen LogP contribution in [0.2, 0.25) is 0 Å². The average molecular weight is 660 g/mol. The number of ether oxygens (including phenoxy) is 7. The highest BCUT2D eigenvalue weighted by atomic mass is 16.8. The molecule has 0 spiro atoms. The van der Waals surface area contributed by atoms with Crippen LogP contribution in [-0.4, -0.2) is 186 Å². The fourth-order valence-electron chi connectivity index (χ4n) is 5.74. The van der Waals surface area contributed by atoms with Crippen molar-refractivity contribution in [3.05, 3.63) is 0 Å². The zero-order valence-corrected chi connectivity index (χ0v) is 25.0. The van der Waals surface area contributed by atoms with Crippen molar-refractivity contribution in [2.75, 3.05) is 6.61 Å². The molecule has 20 atom stereocenters. The molecule has 0 radical (unpaired) electrons. The van der Waals surface area contributed by atoms with Gasteiger partial charge in [-0.2, -0.15) is 0 Å². The van der Waals surface area contributed by atoms with E-state index in [1.807, 2.05) is 0 Å². The average Bonchev–Trinajstić information content (AvgIpc) is 2.99. The van der Waals surface area contributed by atoms with Crippen molar-refractivity contribution < 1.29 is 89.0 Å². The van der Waals surface area contributed by atoms with Gasteiger partial charge in [0.25, 0.3) is 0 Å². The summed E-state index contributed by atoms with van der Waals surface area (Å²) in [6, 6.07) is -1.41. The first kappa shape index (κ1) is 36.6. The van der Waals surface area contributed by atoms with Crippen LogP contribution < -0.4 is 5.32 Å². The van der Waals surface area contributed by atoms with E-state index in [4.69, 9.17) is 33.2 Å². The van der Waals surface area contributed by atoms with Gasteiger partial charge in [-0.05, 0) is 20.8 Å². The summed E-state index contributed by atoms with van der Waals surface area (Å²) >= 11 is 0. The fraction of sp³-hybridized carbons (Fsp3) is 0.962. The SMILES string of the molecule is CC(=O)N[C@@H]1[C@@H](O[C@@H]2O[C@@H](C)[C@@H](O)[C@@H](O)[C@@H]2O[C@@H]2O[C@@H](C)[C@@H](O)[C@@H](O)[C@@H]2O[C@@H]2O[C@@H](C)[C@@H](O)[C@@H](O)[C@@H]2O)[C@H](O)[C@@H](CO)O[C@H]1O. The van der Waals surface area contributed by atoms with Gasteiger partial charge in [-0.15, -0.1) is 0 Å². The third kappa shape index (κ3) is 7.60. The number of hydrogen-bond donors (Lipinski definition) is 11. The normalized spacial score (nSPS) is 52.8. The lowest BCUT2D eigenvalue weighted by molar-refractivity contribution is -0.395. The maximum absolute atomic E-state index is 11.9. The van der Waals surface area contributed by atoms with Crippen LogP contribution in [0.4, 0.5) is 0 Å². The van der Waals surface area contributed by atoms with E-state index >= 15 is 0 Å². The van der Waals surface area contributed by atoms with Crippen molar-refractivity contribution in [1.82, 2.24) is 5.32 Å². The number of hydrogen-bond acceptors (Lipinski definition) is 18. The molecular weight excluding hydrogens is 614 g/mol. The van der Waals surface area contributed by atoms with Gasteiger partial charge in [-0.1, -0.05) is 0 Å². The van der Waals surface area contributed by atoms with Crippen molar-refractivity contribution in [1.29, 1.82) is 0 Å². The van der Waals surface area contributed by atoms with Crippen molar-refractivity contribution in [3.8, 4) is 0 Å². The molecule has 4 aliphatic rings. The third-order valence-corrected chi connectivity index (χ3v) is 8.49. The standard InChI is InChI=1S/C26H45NO18/c1-6-12(30)16(34)19(37)24(39-6)44-21-17(35)13(31)8(3)41-26(21)45-22-18(36)14(32)7(2)40-25(22)43-20-11(27-9(4)29)23(38)42-10(5-28)15(20)33/h6-8,10-26,28,30-38H,5H2,1-4H3,(H,27,29)/t6-,7-,8-,10+,11+,12+,13+,14+,15+,16+,17+,18+,19-,20+,21-,22-,23+,24-,25-,26-/m0/s1. The van der Waals surface area contributed by atoms with Crippen LogP contribution in [0.5, 0.6) is 0 Å². The predicted octanol–water partition coefficient (Wildman–Crippen LogP) is -6.52. The molecule has 4 heterocycles. The summed E-state index contributed by atoms with van der Waals surface area (Å²) < 4.78 is 39.7. The molecule has 0 aromatic carbocycles. The molecule has 19 nitrogen and oxygen atoms in total. The summed E-state index contributed by atoms with van der Waals surface area (Å²) in [4.78, 5) is 11.9. The van der Waals surface area contributed by atoms with Gasteiger partial charge in [0, 0.05) is 6.92 Å². The zero-order valence-electron chi connectivity index (χ0n) is 25.0. The number of aliphatic hydroxyl groups is 10. The Hall–Kier alpha value is -1.21. The molecule has 262 valence electrons. The van der Waals surface area contributed by atoms with Gasteiger partial charge in [-0.3, -0.25) is 4.79 Å². The van der Waals surface area contributed by atoms with Gasteiger partial charge in [0.15, 0.2) is 25.2 Å². The minimum atomic E-state index is -1.81. The Morgan fingerprint density at radius 3 is 1.47 bits per heavy atom. The maximum atomic E-state index is 11.9. The molecule has 4 aliphatic heterocycles. The van der Waals surface area contributed by atoms with Gasteiger partial charge >= 0.3 is 0 Å². The Labute approximate surface area is 257 Å². The first-order valence-corrected chi connectivity index (χ1v) is 14.7. The van der Waals surface area contributed by atoms with Crippen LogP contribution in [0.1, 0.15) is 27.7 Å². The van der Waals surface area contributed by atoms with E-state index in [9.17, 15) is 55.9 Å². The Morgan fingerprint density at radius 2 is 1.00 bits per heavy atom. The van der Waals surface area contributed by atoms with E-state index in [1.54, 1.807) is 0 Å². The first-order chi connectivity index (χ1) is 21.1. The zero-order chi connectivity index (χ0) is 33.5. The number of carbonyl (C=O) groups excluding carboxylic acids is 1. The number of rotatable bonds is 8. The topological polar surface area (TPSA) is 296 Å². The second kappa shape index (κ2) is 14.9. The molecule has 4 rings (SSSR count). The van der Waals surface area contributed by atoms with Crippen LogP contribution >= 0.6 is 0 Å². The number of amides is 1. The largest absolute Gasteiger partial charge is 0.394 e. The Morgan fingerprint density at radius 1 is 0.578 bits per heavy atom. The van der Waals surface area contributed by atoms with Gasteiger partial charge < -0.3 is 89.5 Å². The maximum Gasteiger partial charge on any atom is 0.217 e. The molecule has 0 saturated carbocycles. The van der Waals surface area contributed by atoms with Crippen molar-refractivity contribution >= 4 is 5.91 Å². The highest BCUT2D eigenvalue weighted by Crippen LogP contribution is 2.34. The fourth-order valence-corrected chi connectivity index (χ4v) is 5.74. The molecular formula is C26H45NO18. The number of aliphatic hydroxyl groups excluding tert-OH is 10. The molecule has 11 N–H and O–H groups in total. The van der Waals surface area contributed by atoms with Gasteiger partial charge in [-0.25, -0.2) is 0 Å². The van der Waals surface area contributed by atoms with Crippen LogP contribution in [0.3, 0.4) is 0 Å². The second-order valence-corrected chi connectivity index (χ2v) is 11.8. The Bertz CT molecular complexity index is 980. The van der Waals surface area contributed by atoms with E-state index in [-0.39, 0.29) is 0 Å². The van der Waals surface area contributed by atoms with Crippen LogP contribution in [0, 0.1) is 0 Å². The minimum Gasteiger partial charge on any atom is -0.394 e. The quantitative estimate of drug-likeness (QED) is 0.115. The molecule has 4 fully saturated rings. The first-order valence-electron chi connectivity index (χ1n) is 14.7. The molecule has 0 bridgehead atoms. The summed E-state index contributed by atoms with van der Waals surface area (Å²) in [5.74, 6) is -0.636. The van der Waals surface area contributed by atoms with Gasteiger partial charge in [0.1, 0.15) is 79.3 Å². The summed E-state index contributed by atoms with van der Waals surface area (Å²) in [6.45, 7) is 4.56. The molecule has 1 amide bonds. The molecule has 0 aromatic heterocycles. The smallest absolute Gasteiger partial charge is 0.217 e. The van der Waals surface area contributed by atoms with Crippen molar-refractivity contribution in [3.63, 3.8) is 0 Å². The third-order valence-electron chi connectivity index (χ3n) is 8.49. The molecule has 0 unspecified atom stereocenters. The summed E-state index contributed by atoms with van der Waals surface area (Å²) in [5.41, 5.74) is 0. The summed E-state index contributed by atoms with van der Waals surface area (Å²) in [6.07, 6.45) is -29.6. The van der Waals surface area contributed by atoms with Crippen LogP contribution in [-0.2, 0) is 38.0 Å². The highest BCUT2D eigenvalue weighted by Gasteiger charge is 2.55.